The molecule has 5 heteroatoms. The van der Waals surface area contributed by atoms with Crippen molar-refractivity contribution < 1.29 is 9.90 Å². The third kappa shape index (κ3) is 3.31. The first kappa shape index (κ1) is 15.3. The number of carbonyl (C=O) groups is 1. The average molecular weight is 279 g/mol. The van der Waals surface area contributed by atoms with Crippen molar-refractivity contribution in [1.29, 1.82) is 5.26 Å². The van der Waals surface area contributed by atoms with Crippen LogP contribution >= 0.6 is 0 Å². The van der Waals surface area contributed by atoms with Crippen LogP contribution in [0.4, 0.5) is 0 Å². The second-order valence-electron chi connectivity index (χ2n) is 6.48. The molecule has 3 atom stereocenters. The molecule has 0 radical (unpaired) electrons. The fourth-order valence-corrected chi connectivity index (χ4v) is 3.22. The predicted octanol–water partition coefficient (Wildman–Crippen LogP) is 0.888. The van der Waals surface area contributed by atoms with E-state index < -0.39 is 5.54 Å². The zero-order chi connectivity index (χ0) is 14.8. The Morgan fingerprint density at radius 2 is 2.20 bits per heavy atom. The lowest BCUT2D eigenvalue weighted by Gasteiger charge is -2.39. The number of carbonyl (C=O) groups excluding carboxylic acids is 1. The van der Waals surface area contributed by atoms with Gasteiger partial charge in [-0.2, -0.15) is 5.26 Å². The van der Waals surface area contributed by atoms with Crippen molar-refractivity contribution in [2.24, 2.45) is 11.8 Å². The zero-order valence-corrected chi connectivity index (χ0v) is 12.4. The molecular formula is C15H25N3O2. The van der Waals surface area contributed by atoms with Gasteiger partial charge in [0.1, 0.15) is 5.54 Å². The normalized spacial score (nSPS) is 30.3. The molecule has 0 bridgehead atoms. The third-order valence-corrected chi connectivity index (χ3v) is 4.79. The molecule has 0 aromatic heterocycles. The van der Waals surface area contributed by atoms with E-state index in [1.54, 1.807) is 0 Å². The van der Waals surface area contributed by atoms with Gasteiger partial charge >= 0.3 is 0 Å². The Balaban J connectivity index is 1.92. The maximum absolute atomic E-state index is 12.2. The fraction of sp³-hybridized carbons (Fsp3) is 0.867. The molecule has 112 valence electrons. The molecule has 1 saturated carbocycles. The van der Waals surface area contributed by atoms with Crippen LogP contribution in [0.15, 0.2) is 0 Å². The molecule has 1 heterocycles. The Bertz CT molecular complexity index is 402. The van der Waals surface area contributed by atoms with Gasteiger partial charge in [-0.05, 0) is 51.0 Å². The number of rotatable bonds is 5. The van der Waals surface area contributed by atoms with E-state index in [1.807, 2.05) is 11.8 Å². The van der Waals surface area contributed by atoms with Gasteiger partial charge in [-0.15, -0.1) is 0 Å². The molecule has 3 unspecified atom stereocenters. The number of likely N-dealkylation sites (tertiary alicyclic amines) is 1. The number of aliphatic hydroxyl groups is 1. The monoisotopic (exact) mass is 279 g/mol. The second-order valence-corrected chi connectivity index (χ2v) is 6.48. The van der Waals surface area contributed by atoms with Gasteiger partial charge in [0.15, 0.2) is 0 Å². The van der Waals surface area contributed by atoms with Gasteiger partial charge in [-0.1, -0.05) is 6.92 Å². The minimum atomic E-state index is -0.729. The third-order valence-electron chi connectivity index (χ3n) is 4.79. The maximum Gasteiger partial charge on any atom is 0.235 e. The Labute approximate surface area is 120 Å². The van der Waals surface area contributed by atoms with Gasteiger partial charge in [0.25, 0.3) is 0 Å². The number of nitriles is 1. The summed E-state index contributed by atoms with van der Waals surface area (Å²) in [7, 11) is 0. The topological polar surface area (TPSA) is 76.4 Å². The smallest absolute Gasteiger partial charge is 0.235 e. The predicted molar refractivity (Wildman–Crippen MR) is 75.7 cm³/mol. The quantitative estimate of drug-likeness (QED) is 0.783. The van der Waals surface area contributed by atoms with Crippen LogP contribution in [-0.4, -0.2) is 47.2 Å². The van der Waals surface area contributed by atoms with E-state index in [2.05, 4.69) is 18.3 Å². The van der Waals surface area contributed by atoms with Crippen LogP contribution in [0.5, 0.6) is 0 Å². The van der Waals surface area contributed by atoms with Crippen molar-refractivity contribution >= 4 is 5.91 Å². The van der Waals surface area contributed by atoms with Crippen molar-refractivity contribution in [3.63, 3.8) is 0 Å². The van der Waals surface area contributed by atoms with Crippen LogP contribution in [0.25, 0.3) is 0 Å². The summed E-state index contributed by atoms with van der Waals surface area (Å²) < 4.78 is 0. The van der Waals surface area contributed by atoms with Crippen molar-refractivity contribution in [3.8, 4) is 6.07 Å². The number of hydrogen-bond acceptors (Lipinski definition) is 4. The van der Waals surface area contributed by atoms with Crippen LogP contribution in [0.2, 0.25) is 0 Å². The van der Waals surface area contributed by atoms with E-state index in [1.165, 1.54) is 0 Å². The summed E-state index contributed by atoms with van der Waals surface area (Å²) in [5.74, 6) is 0.603. The molecule has 20 heavy (non-hydrogen) atoms. The number of nitrogens with one attached hydrogen (secondary N) is 1. The Morgan fingerprint density at radius 3 is 2.75 bits per heavy atom. The molecule has 2 aliphatic rings. The van der Waals surface area contributed by atoms with Gasteiger partial charge in [0.05, 0.1) is 19.2 Å². The standard InChI is InChI=1S/C15H25N3O2/c1-11-4-3-7-18(13(11)9-19)8-14(20)17-15(2,10-16)12-5-6-12/h11-13,19H,3-9H2,1-2H3,(H,17,20). The number of amides is 1. The number of aliphatic hydroxyl groups excluding tert-OH is 1. The largest absolute Gasteiger partial charge is 0.395 e. The first-order chi connectivity index (χ1) is 9.50. The number of hydrogen-bond donors (Lipinski definition) is 2. The minimum Gasteiger partial charge on any atom is -0.395 e. The first-order valence-electron chi connectivity index (χ1n) is 7.57. The lowest BCUT2D eigenvalue weighted by Crippen LogP contribution is -2.54. The van der Waals surface area contributed by atoms with Crippen LogP contribution in [-0.2, 0) is 4.79 Å². The lowest BCUT2D eigenvalue weighted by molar-refractivity contribution is -0.125. The second kappa shape index (κ2) is 6.11. The van der Waals surface area contributed by atoms with E-state index in [4.69, 9.17) is 0 Å². The first-order valence-corrected chi connectivity index (χ1v) is 7.57. The fourth-order valence-electron chi connectivity index (χ4n) is 3.22. The summed E-state index contributed by atoms with van der Waals surface area (Å²) >= 11 is 0. The molecule has 2 fully saturated rings. The highest BCUT2D eigenvalue weighted by Crippen LogP contribution is 2.39. The summed E-state index contributed by atoms with van der Waals surface area (Å²) in [5.41, 5.74) is -0.729. The van der Waals surface area contributed by atoms with Crippen molar-refractivity contribution in [1.82, 2.24) is 10.2 Å². The zero-order valence-electron chi connectivity index (χ0n) is 12.4. The molecule has 2 rings (SSSR count). The molecule has 1 aliphatic heterocycles. The van der Waals surface area contributed by atoms with Gasteiger partial charge in [-0.25, -0.2) is 0 Å². The SMILES string of the molecule is CC1CCCN(CC(=O)NC(C)(C#N)C2CC2)C1CO. The summed E-state index contributed by atoms with van der Waals surface area (Å²) in [6.45, 7) is 5.14. The molecule has 1 amide bonds. The minimum absolute atomic E-state index is 0.0590. The van der Waals surface area contributed by atoms with Crippen LogP contribution < -0.4 is 5.32 Å². The summed E-state index contributed by atoms with van der Waals surface area (Å²) in [6, 6.07) is 2.30. The van der Waals surface area contributed by atoms with Crippen molar-refractivity contribution in [3.05, 3.63) is 0 Å². The van der Waals surface area contributed by atoms with Gasteiger partial charge in [-0.3, -0.25) is 9.69 Å². The van der Waals surface area contributed by atoms with E-state index in [0.717, 1.165) is 32.2 Å². The Kier molecular flexibility index (Phi) is 4.66. The van der Waals surface area contributed by atoms with Gasteiger partial charge < -0.3 is 10.4 Å². The highest BCUT2D eigenvalue weighted by molar-refractivity contribution is 5.79. The summed E-state index contributed by atoms with van der Waals surface area (Å²) in [6.07, 6.45) is 4.19. The summed E-state index contributed by atoms with van der Waals surface area (Å²) in [4.78, 5) is 14.3. The molecule has 0 spiro atoms. The van der Waals surface area contributed by atoms with Crippen molar-refractivity contribution in [2.75, 3.05) is 19.7 Å². The van der Waals surface area contributed by atoms with Crippen molar-refractivity contribution in [2.45, 2.75) is 51.1 Å². The van der Waals surface area contributed by atoms with Gasteiger partial charge in [0, 0.05) is 6.04 Å². The average Bonchev–Trinajstić information content (AvgIpc) is 3.23. The molecule has 0 aromatic rings. The molecule has 1 aliphatic carbocycles. The van der Waals surface area contributed by atoms with Gasteiger partial charge in [0.2, 0.25) is 5.91 Å². The molecule has 5 nitrogen and oxygen atoms in total. The number of nitrogens with zero attached hydrogens (tertiary/aromatic N) is 2. The maximum atomic E-state index is 12.2. The van der Waals surface area contributed by atoms with Crippen LogP contribution in [0.3, 0.4) is 0 Å². The van der Waals surface area contributed by atoms with Crippen LogP contribution in [0.1, 0.15) is 39.5 Å². The van der Waals surface area contributed by atoms with E-state index in [-0.39, 0.29) is 25.1 Å². The number of piperidine rings is 1. The van der Waals surface area contributed by atoms with Crippen LogP contribution in [0, 0.1) is 23.2 Å². The molecule has 0 aromatic carbocycles. The highest BCUT2D eigenvalue weighted by Gasteiger charge is 2.43. The Hall–Kier alpha value is -1.12. The summed E-state index contributed by atoms with van der Waals surface area (Å²) in [5, 5.41) is 21.7. The molecular weight excluding hydrogens is 254 g/mol. The molecule has 2 N–H and O–H groups in total. The van der Waals surface area contributed by atoms with E-state index in [9.17, 15) is 15.2 Å². The molecule has 1 saturated heterocycles. The van der Waals surface area contributed by atoms with E-state index >= 15 is 0 Å². The Morgan fingerprint density at radius 1 is 1.50 bits per heavy atom. The lowest BCUT2D eigenvalue weighted by atomic mass is 9.91. The highest BCUT2D eigenvalue weighted by atomic mass is 16.3. The van der Waals surface area contributed by atoms with E-state index in [0.29, 0.717) is 11.8 Å².